The molecule has 2 heterocycles. The minimum absolute atomic E-state index is 0.389. The fourth-order valence-corrected chi connectivity index (χ4v) is 4.52. The molecule has 6 nitrogen and oxygen atoms in total. The number of benzene rings is 2. The van der Waals surface area contributed by atoms with Crippen LogP contribution in [0.4, 0.5) is 16.3 Å². The second kappa shape index (κ2) is 9.91. The average molecular weight is 425 g/mol. The SMILES string of the molecule is CCCOC(=O)Nc1cccc(CCN2CCN(c3nsc4ccccc34)CC2)c1. The largest absolute Gasteiger partial charge is 0.449 e. The van der Waals surface area contributed by atoms with Gasteiger partial charge in [-0.2, -0.15) is 4.37 Å². The van der Waals surface area contributed by atoms with Crippen molar-refractivity contribution in [1.29, 1.82) is 0 Å². The van der Waals surface area contributed by atoms with Crippen molar-refractivity contribution < 1.29 is 9.53 Å². The Kier molecular flexibility index (Phi) is 6.81. The third-order valence-electron chi connectivity index (χ3n) is 5.36. The number of anilines is 2. The van der Waals surface area contributed by atoms with E-state index in [9.17, 15) is 4.79 Å². The third-order valence-corrected chi connectivity index (χ3v) is 6.17. The van der Waals surface area contributed by atoms with Crippen LogP contribution in [0.5, 0.6) is 0 Å². The molecule has 1 aliphatic rings. The van der Waals surface area contributed by atoms with Crippen molar-refractivity contribution in [2.45, 2.75) is 19.8 Å². The number of fused-ring (bicyclic) bond motifs is 1. The molecule has 158 valence electrons. The normalized spacial score (nSPS) is 14.8. The molecule has 0 atom stereocenters. The average Bonchev–Trinajstić information content (AvgIpc) is 3.21. The zero-order chi connectivity index (χ0) is 20.8. The van der Waals surface area contributed by atoms with Crippen molar-refractivity contribution in [2.75, 3.05) is 49.5 Å². The maximum atomic E-state index is 11.7. The molecule has 0 spiro atoms. The van der Waals surface area contributed by atoms with Gasteiger partial charge in [0.25, 0.3) is 0 Å². The highest BCUT2D eigenvalue weighted by molar-refractivity contribution is 7.13. The van der Waals surface area contributed by atoms with Gasteiger partial charge in [-0.25, -0.2) is 4.79 Å². The summed E-state index contributed by atoms with van der Waals surface area (Å²) >= 11 is 1.58. The number of carbonyl (C=O) groups excluding carboxylic acids is 1. The molecule has 1 aliphatic heterocycles. The van der Waals surface area contributed by atoms with Crippen molar-refractivity contribution in [3.63, 3.8) is 0 Å². The van der Waals surface area contributed by atoms with Gasteiger partial charge in [-0.3, -0.25) is 10.2 Å². The number of carbonyl (C=O) groups is 1. The maximum Gasteiger partial charge on any atom is 0.411 e. The number of aromatic nitrogens is 1. The van der Waals surface area contributed by atoms with E-state index < -0.39 is 0 Å². The first-order valence-electron chi connectivity index (χ1n) is 10.6. The van der Waals surface area contributed by atoms with E-state index in [4.69, 9.17) is 9.11 Å². The van der Waals surface area contributed by atoms with Gasteiger partial charge in [-0.15, -0.1) is 0 Å². The van der Waals surface area contributed by atoms with Gasteiger partial charge in [-0.1, -0.05) is 31.2 Å². The lowest BCUT2D eigenvalue weighted by atomic mass is 10.1. The molecule has 1 N–H and O–H groups in total. The second-order valence-corrected chi connectivity index (χ2v) is 8.35. The van der Waals surface area contributed by atoms with Crippen LogP contribution < -0.4 is 10.2 Å². The van der Waals surface area contributed by atoms with Crippen LogP contribution in [0.2, 0.25) is 0 Å². The summed E-state index contributed by atoms with van der Waals surface area (Å²) in [6, 6.07) is 16.5. The summed E-state index contributed by atoms with van der Waals surface area (Å²) in [5.41, 5.74) is 2.00. The highest BCUT2D eigenvalue weighted by atomic mass is 32.1. The zero-order valence-electron chi connectivity index (χ0n) is 17.3. The molecule has 2 aromatic carbocycles. The lowest BCUT2D eigenvalue weighted by Crippen LogP contribution is -2.47. The van der Waals surface area contributed by atoms with Crippen molar-refractivity contribution >= 4 is 39.2 Å². The second-order valence-electron chi connectivity index (χ2n) is 7.54. The van der Waals surface area contributed by atoms with Gasteiger partial charge in [-0.05, 0) is 54.2 Å². The molecule has 7 heteroatoms. The van der Waals surface area contributed by atoms with Gasteiger partial charge in [0.1, 0.15) is 5.82 Å². The minimum atomic E-state index is -0.389. The standard InChI is InChI=1S/C23H28N4O2S/c1-2-16-29-23(28)24-19-7-5-6-18(17-19)10-11-26-12-14-27(15-13-26)22-20-8-3-4-9-21(20)30-25-22/h3-9,17H,2,10-16H2,1H3,(H,24,28). The predicted molar refractivity (Wildman–Crippen MR) is 124 cm³/mol. The number of rotatable bonds is 7. The molecule has 1 fully saturated rings. The summed E-state index contributed by atoms with van der Waals surface area (Å²) < 4.78 is 11.0. The van der Waals surface area contributed by atoms with E-state index in [1.165, 1.54) is 15.6 Å². The van der Waals surface area contributed by atoms with Crippen molar-refractivity contribution in [3.8, 4) is 0 Å². The predicted octanol–water partition coefficient (Wildman–Crippen LogP) is 4.62. The molecule has 4 rings (SSSR count). The Labute approximate surface area is 181 Å². The molecular formula is C23H28N4O2S. The Bertz CT molecular complexity index is 982. The first kappa shape index (κ1) is 20.6. The Morgan fingerprint density at radius 2 is 1.97 bits per heavy atom. The molecular weight excluding hydrogens is 396 g/mol. The van der Waals surface area contributed by atoms with Gasteiger partial charge < -0.3 is 9.64 Å². The first-order valence-corrected chi connectivity index (χ1v) is 11.3. The Morgan fingerprint density at radius 1 is 1.13 bits per heavy atom. The summed E-state index contributed by atoms with van der Waals surface area (Å²) in [4.78, 5) is 16.7. The zero-order valence-corrected chi connectivity index (χ0v) is 18.2. The number of amides is 1. The molecule has 0 radical (unpaired) electrons. The van der Waals surface area contributed by atoms with Gasteiger partial charge in [0.15, 0.2) is 0 Å². The molecule has 0 aliphatic carbocycles. The molecule has 0 unspecified atom stereocenters. The summed E-state index contributed by atoms with van der Waals surface area (Å²) in [5.74, 6) is 1.13. The van der Waals surface area contributed by atoms with E-state index in [2.05, 4.69) is 45.4 Å². The number of nitrogens with zero attached hydrogens (tertiary/aromatic N) is 3. The summed E-state index contributed by atoms with van der Waals surface area (Å²) in [6.45, 7) is 7.49. The molecule has 3 aromatic rings. The Balaban J connectivity index is 1.27. The minimum Gasteiger partial charge on any atom is -0.449 e. The Morgan fingerprint density at radius 3 is 2.80 bits per heavy atom. The van der Waals surface area contributed by atoms with Gasteiger partial charge >= 0.3 is 6.09 Å². The summed E-state index contributed by atoms with van der Waals surface area (Å²) in [7, 11) is 0. The van der Waals surface area contributed by atoms with Crippen LogP contribution in [0, 0.1) is 0 Å². The van der Waals surface area contributed by atoms with Crippen LogP contribution in [0.25, 0.3) is 10.1 Å². The fourth-order valence-electron chi connectivity index (χ4n) is 3.72. The van der Waals surface area contributed by atoms with Crippen LogP contribution in [0.15, 0.2) is 48.5 Å². The van der Waals surface area contributed by atoms with E-state index >= 15 is 0 Å². The van der Waals surface area contributed by atoms with Crippen LogP contribution in [0.3, 0.4) is 0 Å². The van der Waals surface area contributed by atoms with Gasteiger partial charge in [0.05, 0.1) is 11.3 Å². The van der Waals surface area contributed by atoms with Gasteiger partial charge in [0, 0.05) is 43.8 Å². The summed E-state index contributed by atoms with van der Waals surface area (Å²) in [6.07, 6.45) is 1.39. The van der Waals surface area contributed by atoms with E-state index in [0.29, 0.717) is 6.61 Å². The topological polar surface area (TPSA) is 57.7 Å². The monoisotopic (exact) mass is 424 g/mol. The number of piperazine rings is 1. The van der Waals surface area contributed by atoms with Crippen LogP contribution in [-0.4, -0.2) is 54.7 Å². The smallest absolute Gasteiger partial charge is 0.411 e. The van der Waals surface area contributed by atoms with Crippen molar-refractivity contribution in [1.82, 2.24) is 9.27 Å². The molecule has 1 aromatic heterocycles. The third kappa shape index (κ3) is 5.09. The van der Waals surface area contributed by atoms with Crippen molar-refractivity contribution in [3.05, 3.63) is 54.1 Å². The van der Waals surface area contributed by atoms with Crippen LogP contribution in [0.1, 0.15) is 18.9 Å². The first-order chi connectivity index (χ1) is 14.7. The lowest BCUT2D eigenvalue weighted by Gasteiger charge is -2.35. The highest BCUT2D eigenvalue weighted by Crippen LogP contribution is 2.29. The van der Waals surface area contributed by atoms with Crippen LogP contribution >= 0.6 is 11.5 Å². The number of ether oxygens (including phenoxy) is 1. The lowest BCUT2D eigenvalue weighted by molar-refractivity contribution is 0.161. The molecule has 30 heavy (non-hydrogen) atoms. The maximum absolute atomic E-state index is 11.7. The number of hydrogen-bond acceptors (Lipinski definition) is 6. The van der Waals surface area contributed by atoms with Crippen molar-refractivity contribution in [2.24, 2.45) is 0 Å². The number of nitrogens with one attached hydrogen (secondary N) is 1. The van der Waals surface area contributed by atoms with Crippen LogP contribution in [-0.2, 0) is 11.2 Å². The number of hydrogen-bond donors (Lipinski definition) is 1. The molecule has 1 saturated heterocycles. The Hall–Kier alpha value is -2.64. The molecule has 0 bridgehead atoms. The quantitative estimate of drug-likeness (QED) is 0.600. The molecule has 0 saturated carbocycles. The fraction of sp³-hybridized carbons (Fsp3) is 0.391. The molecule has 1 amide bonds. The van der Waals surface area contributed by atoms with Gasteiger partial charge in [0.2, 0.25) is 0 Å². The summed E-state index contributed by atoms with van der Waals surface area (Å²) in [5, 5.41) is 4.07. The van der Waals surface area contributed by atoms with E-state index in [1.807, 2.05) is 25.1 Å². The van der Waals surface area contributed by atoms with E-state index in [-0.39, 0.29) is 6.09 Å². The van der Waals surface area contributed by atoms with E-state index in [1.54, 1.807) is 11.5 Å². The highest BCUT2D eigenvalue weighted by Gasteiger charge is 2.20. The van der Waals surface area contributed by atoms with E-state index in [0.717, 1.165) is 57.1 Å².